The predicted octanol–water partition coefficient (Wildman–Crippen LogP) is 1.20. The maximum Gasteiger partial charge on any atom is 0.223 e. The second-order valence-electron chi connectivity index (χ2n) is 6.47. The van der Waals surface area contributed by atoms with E-state index >= 15 is 0 Å². The highest BCUT2D eigenvalue weighted by atomic mass is 35.5. The van der Waals surface area contributed by atoms with Crippen molar-refractivity contribution in [1.29, 1.82) is 0 Å². The van der Waals surface area contributed by atoms with E-state index in [1.807, 2.05) is 4.90 Å². The summed E-state index contributed by atoms with van der Waals surface area (Å²) in [6, 6.07) is 1.33. The Hall–Kier alpha value is -0.360. The lowest BCUT2D eigenvalue weighted by atomic mass is 9.89. The molecular formula is C15H27ClN2O3. The molecule has 3 rings (SSSR count). The van der Waals surface area contributed by atoms with E-state index in [1.54, 1.807) is 7.11 Å². The van der Waals surface area contributed by atoms with Gasteiger partial charge in [0, 0.05) is 38.7 Å². The van der Waals surface area contributed by atoms with Gasteiger partial charge in [-0.1, -0.05) is 0 Å². The Bertz CT molecular complexity index is 342. The van der Waals surface area contributed by atoms with Gasteiger partial charge in [0.15, 0.2) is 0 Å². The first kappa shape index (κ1) is 17.0. The van der Waals surface area contributed by atoms with Gasteiger partial charge in [-0.3, -0.25) is 4.79 Å². The normalized spacial score (nSPS) is 35.4. The third kappa shape index (κ3) is 4.31. The average molecular weight is 319 g/mol. The van der Waals surface area contributed by atoms with Crippen LogP contribution in [0.3, 0.4) is 0 Å². The number of rotatable bonds is 4. The van der Waals surface area contributed by atoms with Crippen molar-refractivity contribution >= 4 is 18.3 Å². The predicted molar refractivity (Wildman–Crippen MR) is 82.7 cm³/mol. The van der Waals surface area contributed by atoms with Crippen molar-refractivity contribution in [3.63, 3.8) is 0 Å². The van der Waals surface area contributed by atoms with Crippen LogP contribution in [-0.4, -0.2) is 62.4 Å². The van der Waals surface area contributed by atoms with Gasteiger partial charge in [-0.05, 0) is 31.6 Å². The van der Waals surface area contributed by atoms with Crippen LogP contribution >= 0.6 is 12.4 Å². The fraction of sp³-hybridized carbons (Fsp3) is 0.933. The molecule has 0 aromatic rings. The van der Waals surface area contributed by atoms with Gasteiger partial charge in [0.25, 0.3) is 0 Å². The summed E-state index contributed by atoms with van der Waals surface area (Å²) in [5.74, 6) is 0.880. The van der Waals surface area contributed by atoms with E-state index in [2.05, 4.69) is 5.32 Å². The number of hydrogen-bond donors (Lipinski definition) is 1. The first-order valence-corrected chi connectivity index (χ1v) is 7.89. The molecule has 1 N–H and O–H groups in total. The number of nitrogens with one attached hydrogen (secondary N) is 1. The van der Waals surface area contributed by atoms with E-state index < -0.39 is 0 Å². The largest absolute Gasteiger partial charge is 0.382 e. The molecule has 3 saturated heterocycles. The van der Waals surface area contributed by atoms with Crippen LogP contribution in [0.1, 0.15) is 32.1 Å². The SMILES string of the molecule is COCC1CN(C(=O)CC2CC3CCC(C2)N3)CCO1.Cl. The third-order valence-electron chi connectivity index (χ3n) is 4.88. The molecule has 6 heteroatoms. The van der Waals surface area contributed by atoms with E-state index in [-0.39, 0.29) is 18.5 Å². The lowest BCUT2D eigenvalue weighted by molar-refractivity contribution is -0.142. The van der Waals surface area contributed by atoms with Crippen LogP contribution in [0.25, 0.3) is 0 Å². The number of fused-ring (bicyclic) bond motifs is 2. The minimum Gasteiger partial charge on any atom is -0.382 e. The standard InChI is InChI=1S/C15H26N2O3.ClH/c1-19-10-14-9-17(4-5-20-14)15(18)8-11-6-12-2-3-13(7-11)16-12;/h11-14,16H,2-10H2,1H3;1H. The molecule has 0 aromatic carbocycles. The quantitative estimate of drug-likeness (QED) is 0.846. The van der Waals surface area contributed by atoms with Gasteiger partial charge in [-0.15, -0.1) is 12.4 Å². The third-order valence-corrected chi connectivity index (χ3v) is 4.88. The molecular weight excluding hydrogens is 292 g/mol. The molecule has 3 unspecified atom stereocenters. The van der Waals surface area contributed by atoms with Gasteiger partial charge in [-0.2, -0.15) is 0 Å². The zero-order valence-electron chi connectivity index (χ0n) is 12.8. The zero-order valence-corrected chi connectivity index (χ0v) is 13.6. The van der Waals surface area contributed by atoms with Crippen LogP contribution in [0, 0.1) is 5.92 Å². The van der Waals surface area contributed by atoms with Crippen molar-refractivity contribution in [3.05, 3.63) is 0 Å². The highest BCUT2D eigenvalue weighted by Crippen LogP contribution is 2.33. The number of ether oxygens (including phenoxy) is 2. The molecule has 0 aromatic heterocycles. The van der Waals surface area contributed by atoms with Crippen LogP contribution < -0.4 is 5.32 Å². The van der Waals surface area contributed by atoms with Crippen LogP contribution in [0.15, 0.2) is 0 Å². The van der Waals surface area contributed by atoms with Crippen LogP contribution in [0.4, 0.5) is 0 Å². The lowest BCUT2D eigenvalue weighted by Gasteiger charge is -2.35. The van der Waals surface area contributed by atoms with Crippen molar-refractivity contribution < 1.29 is 14.3 Å². The molecule has 3 heterocycles. The van der Waals surface area contributed by atoms with Crippen molar-refractivity contribution in [3.8, 4) is 0 Å². The molecule has 122 valence electrons. The van der Waals surface area contributed by atoms with Gasteiger partial charge < -0.3 is 19.7 Å². The Morgan fingerprint density at radius 2 is 2.05 bits per heavy atom. The van der Waals surface area contributed by atoms with Crippen molar-refractivity contribution in [2.75, 3.05) is 33.4 Å². The van der Waals surface area contributed by atoms with Crippen LogP contribution in [-0.2, 0) is 14.3 Å². The van der Waals surface area contributed by atoms with Gasteiger partial charge in [0.1, 0.15) is 0 Å². The lowest BCUT2D eigenvalue weighted by Crippen LogP contribution is -2.48. The molecule has 3 aliphatic heterocycles. The van der Waals surface area contributed by atoms with E-state index in [0.717, 1.165) is 6.54 Å². The molecule has 1 amide bonds. The van der Waals surface area contributed by atoms with Gasteiger partial charge in [0.2, 0.25) is 5.91 Å². The molecule has 0 spiro atoms. The highest BCUT2D eigenvalue weighted by Gasteiger charge is 2.35. The molecule has 2 bridgehead atoms. The summed E-state index contributed by atoms with van der Waals surface area (Å²) in [5, 5.41) is 3.64. The first-order chi connectivity index (χ1) is 9.74. The zero-order chi connectivity index (χ0) is 13.9. The second-order valence-corrected chi connectivity index (χ2v) is 6.47. The van der Waals surface area contributed by atoms with Gasteiger partial charge >= 0.3 is 0 Å². The molecule has 3 atom stereocenters. The summed E-state index contributed by atoms with van der Waals surface area (Å²) < 4.78 is 10.7. The van der Waals surface area contributed by atoms with Crippen molar-refractivity contribution in [1.82, 2.24) is 10.2 Å². The smallest absolute Gasteiger partial charge is 0.223 e. The molecule has 5 nitrogen and oxygen atoms in total. The van der Waals surface area contributed by atoms with Crippen LogP contribution in [0.2, 0.25) is 0 Å². The maximum absolute atomic E-state index is 12.5. The highest BCUT2D eigenvalue weighted by molar-refractivity contribution is 5.85. The summed E-state index contributed by atoms with van der Waals surface area (Å²) >= 11 is 0. The topological polar surface area (TPSA) is 50.8 Å². The van der Waals surface area contributed by atoms with Gasteiger partial charge in [-0.25, -0.2) is 0 Å². The van der Waals surface area contributed by atoms with E-state index in [9.17, 15) is 4.79 Å². The summed E-state index contributed by atoms with van der Waals surface area (Å²) in [4.78, 5) is 14.4. The molecule has 3 aliphatic rings. The molecule has 0 aliphatic carbocycles. The number of nitrogens with zero attached hydrogens (tertiary/aromatic N) is 1. The first-order valence-electron chi connectivity index (χ1n) is 7.89. The summed E-state index contributed by atoms with van der Waals surface area (Å²) in [7, 11) is 1.68. The minimum atomic E-state index is 0. The number of amides is 1. The summed E-state index contributed by atoms with van der Waals surface area (Å²) in [5.41, 5.74) is 0. The number of halogens is 1. The molecule has 0 saturated carbocycles. The number of carbonyl (C=O) groups is 1. The number of piperidine rings is 1. The summed E-state index contributed by atoms with van der Waals surface area (Å²) in [6.07, 6.45) is 5.70. The Kier molecular flexibility index (Phi) is 6.29. The Morgan fingerprint density at radius 1 is 1.33 bits per heavy atom. The second kappa shape index (κ2) is 7.77. The maximum atomic E-state index is 12.5. The average Bonchev–Trinajstić information content (AvgIpc) is 2.79. The molecule has 3 fully saturated rings. The van der Waals surface area contributed by atoms with E-state index in [0.29, 0.717) is 50.1 Å². The Morgan fingerprint density at radius 3 is 2.71 bits per heavy atom. The van der Waals surface area contributed by atoms with Crippen molar-refractivity contribution in [2.45, 2.75) is 50.3 Å². The molecule has 0 radical (unpaired) electrons. The number of methoxy groups -OCH3 is 1. The number of morpholine rings is 1. The van der Waals surface area contributed by atoms with E-state index in [4.69, 9.17) is 9.47 Å². The van der Waals surface area contributed by atoms with Crippen LogP contribution in [0.5, 0.6) is 0 Å². The van der Waals surface area contributed by atoms with Gasteiger partial charge in [0.05, 0.1) is 19.3 Å². The van der Waals surface area contributed by atoms with E-state index in [1.165, 1.54) is 25.7 Å². The Balaban J connectivity index is 0.00000161. The fourth-order valence-electron chi connectivity index (χ4n) is 3.95. The summed E-state index contributed by atoms with van der Waals surface area (Å²) in [6.45, 7) is 2.62. The number of hydrogen-bond acceptors (Lipinski definition) is 4. The minimum absolute atomic E-state index is 0. The number of carbonyl (C=O) groups excluding carboxylic acids is 1. The monoisotopic (exact) mass is 318 g/mol. The van der Waals surface area contributed by atoms with Crippen molar-refractivity contribution in [2.24, 2.45) is 5.92 Å². The molecule has 21 heavy (non-hydrogen) atoms. The Labute approximate surface area is 133 Å². The fourth-order valence-corrected chi connectivity index (χ4v) is 3.95.